The zero-order valence-corrected chi connectivity index (χ0v) is 17.7. The van der Waals surface area contributed by atoms with E-state index < -0.39 is 35.4 Å². The van der Waals surface area contributed by atoms with E-state index in [4.69, 9.17) is 9.47 Å². The molecule has 8 nitrogen and oxygen atoms in total. The number of allylic oxidation sites excluding steroid dienone is 1. The Morgan fingerprint density at radius 2 is 2.06 bits per heavy atom. The maximum Gasteiger partial charge on any atom is 0.573 e. The van der Waals surface area contributed by atoms with Gasteiger partial charge in [-0.05, 0) is 42.2 Å². The molecule has 1 aromatic carbocycles. The lowest BCUT2D eigenvalue weighted by Gasteiger charge is -2.19. The highest BCUT2D eigenvalue weighted by Crippen LogP contribution is 2.29. The zero-order valence-electron chi connectivity index (χ0n) is 17.7. The van der Waals surface area contributed by atoms with Gasteiger partial charge in [-0.1, -0.05) is 6.07 Å². The molecule has 178 valence electrons. The van der Waals surface area contributed by atoms with Gasteiger partial charge < -0.3 is 24.5 Å². The first-order valence-electron chi connectivity index (χ1n) is 9.80. The molecule has 1 aliphatic carbocycles. The smallest absolute Gasteiger partial charge is 0.403 e. The number of aromatic amines is 1. The number of halogens is 4. The molecule has 2 atom stereocenters. The standard InChI is InChI=1S/C21H21F4N3O5/c1-31-10-16(11-4-6-17(14(22)8-11)33-21(23,24)25)27-20(30)15-9-18(29)28-19(26-15)12-3-5-13(7-12)32-2/h4,6-9,13,16H,3,5,10H2,1-2H3,(H,27,30)(H,26,28,29)/t13?,16-/m1/s1. The molecule has 0 fully saturated rings. The molecule has 1 unspecified atom stereocenters. The minimum atomic E-state index is -5.05. The van der Waals surface area contributed by atoms with Crippen molar-refractivity contribution in [3.63, 3.8) is 0 Å². The van der Waals surface area contributed by atoms with Crippen LogP contribution in [0.2, 0.25) is 0 Å². The number of alkyl halides is 3. The molecule has 1 aromatic heterocycles. The summed E-state index contributed by atoms with van der Waals surface area (Å²) in [5.41, 5.74) is 0.122. The van der Waals surface area contributed by atoms with Crippen molar-refractivity contribution in [3.05, 3.63) is 63.6 Å². The van der Waals surface area contributed by atoms with Crippen molar-refractivity contribution in [1.29, 1.82) is 0 Å². The summed E-state index contributed by atoms with van der Waals surface area (Å²) in [5.74, 6) is -2.79. The summed E-state index contributed by atoms with van der Waals surface area (Å²) in [6, 6.07) is 2.84. The highest BCUT2D eigenvalue weighted by Gasteiger charge is 2.32. The van der Waals surface area contributed by atoms with Crippen LogP contribution in [0.5, 0.6) is 5.75 Å². The molecule has 12 heteroatoms. The molecule has 0 aliphatic heterocycles. The van der Waals surface area contributed by atoms with Gasteiger partial charge in [0.1, 0.15) is 11.5 Å². The van der Waals surface area contributed by atoms with Crippen molar-refractivity contribution in [2.75, 3.05) is 20.8 Å². The first-order valence-corrected chi connectivity index (χ1v) is 9.80. The van der Waals surface area contributed by atoms with Crippen LogP contribution in [0.15, 0.2) is 35.1 Å². The molecule has 0 bridgehead atoms. The number of carbonyl (C=O) groups excluding carboxylic acids is 1. The average Bonchev–Trinajstić information content (AvgIpc) is 3.23. The largest absolute Gasteiger partial charge is 0.573 e. The van der Waals surface area contributed by atoms with E-state index in [2.05, 4.69) is 20.0 Å². The number of hydrogen-bond acceptors (Lipinski definition) is 6. The summed E-state index contributed by atoms with van der Waals surface area (Å²) in [7, 11) is 2.89. The van der Waals surface area contributed by atoms with Gasteiger partial charge in [-0.3, -0.25) is 9.59 Å². The number of ether oxygens (including phenoxy) is 3. The lowest BCUT2D eigenvalue weighted by atomic mass is 10.1. The molecule has 0 saturated heterocycles. The second-order valence-corrected chi connectivity index (χ2v) is 7.20. The Balaban J connectivity index is 1.82. The first-order chi connectivity index (χ1) is 15.6. The van der Waals surface area contributed by atoms with Crippen LogP contribution in [0, 0.1) is 5.82 Å². The lowest BCUT2D eigenvalue weighted by Crippen LogP contribution is -2.33. The van der Waals surface area contributed by atoms with E-state index in [0.29, 0.717) is 12.8 Å². The number of H-pyrrole nitrogens is 1. The van der Waals surface area contributed by atoms with Gasteiger partial charge in [-0.25, -0.2) is 9.37 Å². The molecule has 3 rings (SSSR count). The molecule has 2 N–H and O–H groups in total. The highest BCUT2D eigenvalue weighted by atomic mass is 19.4. The third kappa shape index (κ3) is 6.39. The fourth-order valence-corrected chi connectivity index (χ4v) is 3.36. The van der Waals surface area contributed by atoms with E-state index in [1.807, 2.05) is 0 Å². The Morgan fingerprint density at radius 3 is 2.67 bits per heavy atom. The highest BCUT2D eigenvalue weighted by molar-refractivity contribution is 5.92. The van der Waals surface area contributed by atoms with E-state index in [0.717, 1.165) is 23.8 Å². The monoisotopic (exact) mass is 471 g/mol. The summed E-state index contributed by atoms with van der Waals surface area (Å²) in [6.07, 6.45) is -2.05. The second-order valence-electron chi connectivity index (χ2n) is 7.20. The number of benzene rings is 1. The van der Waals surface area contributed by atoms with Gasteiger partial charge in [0.05, 0.1) is 18.8 Å². The maximum absolute atomic E-state index is 14.1. The van der Waals surface area contributed by atoms with Crippen LogP contribution in [-0.4, -0.2) is 49.2 Å². The van der Waals surface area contributed by atoms with E-state index in [-0.39, 0.29) is 29.8 Å². The number of rotatable bonds is 8. The van der Waals surface area contributed by atoms with Crippen molar-refractivity contribution < 1.29 is 36.6 Å². The molecule has 2 aromatic rings. The summed E-state index contributed by atoms with van der Waals surface area (Å²) >= 11 is 0. The van der Waals surface area contributed by atoms with Crippen LogP contribution >= 0.6 is 0 Å². The van der Waals surface area contributed by atoms with Crippen molar-refractivity contribution >= 4 is 11.5 Å². The van der Waals surface area contributed by atoms with Crippen LogP contribution in [0.3, 0.4) is 0 Å². The molecule has 0 radical (unpaired) electrons. The Morgan fingerprint density at radius 1 is 1.30 bits per heavy atom. The Bertz CT molecular complexity index is 1100. The molecule has 1 amide bonds. The van der Waals surface area contributed by atoms with Gasteiger partial charge in [0.2, 0.25) is 0 Å². The minimum Gasteiger partial charge on any atom is -0.403 e. The van der Waals surface area contributed by atoms with Crippen LogP contribution in [0.1, 0.15) is 40.8 Å². The van der Waals surface area contributed by atoms with Gasteiger partial charge in [-0.15, -0.1) is 13.2 Å². The topological polar surface area (TPSA) is 103 Å². The number of methoxy groups -OCH3 is 2. The van der Waals surface area contributed by atoms with Gasteiger partial charge in [0, 0.05) is 20.3 Å². The fourth-order valence-electron chi connectivity index (χ4n) is 3.36. The van der Waals surface area contributed by atoms with E-state index in [1.165, 1.54) is 13.2 Å². The third-order valence-electron chi connectivity index (χ3n) is 4.89. The molecule has 33 heavy (non-hydrogen) atoms. The predicted octanol–water partition coefficient (Wildman–Crippen LogP) is 3.12. The molecular formula is C21H21F4N3O5. The molecule has 0 saturated carbocycles. The Kier molecular flexibility index (Phi) is 7.49. The minimum absolute atomic E-state index is 0.118. The SMILES string of the molecule is COC[C@@H](NC(=O)c1cc(=O)[nH]c(C2=CC(OC)CC2)n1)c1ccc(OC(F)(F)F)c(F)c1. The normalized spacial score (nSPS) is 16.9. The first kappa shape index (κ1) is 24.4. The van der Waals surface area contributed by atoms with Crippen LogP contribution in [0.4, 0.5) is 17.6 Å². The number of nitrogens with one attached hydrogen (secondary N) is 2. The van der Waals surface area contributed by atoms with E-state index in [9.17, 15) is 27.2 Å². The van der Waals surface area contributed by atoms with Crippen molar-refractivity contribution in [1.82, 2.24) is 15.3 Å². The average molecular weight is 471 g/mol. The Labute approximate surface area is 185 Å². The van der Waals surface area contributed by atoms with Crippen LogP contribution in [0.25, 0.3) is 5.57 Å². The molecule has 1 aliphatic rings. The number of aromatic nitrogens is 2. The second kappa shape index (κ2) is 10.1. The maximum atomic E-state index is 14.1. The summed E-state index contributed by atoms with van der Waals surface area (Å²) in [4.78, 5) is 31.7. The third-order valence-corrected chi connectivity index (χ3v) is 4.89. The van der Waals surface area contributed by atoms with Gasteiger partial charge >= 0.3 is 6.36 Å². The van der Waals surface area contributed by atoms with E-state index in [1.54, 1.807) is 13.2 Å². The van der Waals surface area contributed by atoms with Crippen molar-refractivity contribution in [2.45, 2.75) is 31.3 Å². The molecular weight excluding hydrogens is 450 g/mol. The van der Waals surface area contributed by atoms with Gasteiger partial charge in [-0.2, -0.15) is 0 Å². The fraction of sp³-hybridized carbons (Fsp3) is 0.381. The van der Waals surface area contributed by atoms with Gasteiger partial charge in [0.15, 0.2) is 11.6 Å². The van der Waals surface area contributed by atoms with E-state index >= 15 is 0 Å². The summed E-state index contributed by atoms with van der Waals surface area (Å²) < 4.78 is 65.1. The zero-order chi connectivity index (χ0) is 24.2. The van der Waals surface area contributed by atoms with Gasteiger partial charge in [0.25, 0.3) is 11.5 Å². The predicted molar refractivity (Wildman–Crippen MR) is 108 cm³/mol. The molecule has 0 spiro atoms. The summed E-state index contributed by atoms with van der Waals surface area (Å²) in [5, 5.41) is 2.56. The van der Waals surface area contributed by atoms with Crippen molar-refractivity contribution in [3.8, 4) is 5.75 Å². The Hall–Kier alpha value is -3.25. The van der Waals surface area contributed by atoms with Crippen LogP contribution in [-0.2, 0) is 9.47 Å². The van der Waals surface area contributed by atoms with Crippen LogP contribution < -0.4 is 15.6 Å². The number of amides is 1. The number of nitrogens with zero attached hydrogens (tertiary/aromatic N) is 1. The number of hydrogen-bond donors (Lipinski definition) is 2. The lowest BCUT2D eigenvalue weighted by molar-refractivity contribution is -0.275. The van der Waals surface area contributed by atoms with Crippen molar-refractivity contribution in [2.24, 2.45) is 0 Å². The molecule has 1 heterocycles. The number of carbonyl (C=O) groups is 1. The quantitative estimate of drug-likeness (QED) is 0.574. The summed E-state index contributed by atoms with van der Waals surface area (Å²) in [6.45, 7) is -0.124.